The van der Waals surface area contributed by atoms with E-state index in [2.05, 4.69) is 30.1 Å². The van der Waals surface area contributed by atoms with Crippen LogP contribution in [0.15, 0.2) is 18.2 Å². The molecule has 0 spiro atoms. The van der Waals surface area contributed by atoms with Crippen molar-refractivity contribution in [2.75, 3.05) is 34.6 Å². The molecule has 136 valence electrons. The summed E-state index contributed by atoms with van der Waals surface area (Å²) in [7, 11) is 5.59. The molecule has 0 aromatic heterocycles. The zero-order valence-electron chi connectivity index (χ0n) is 15.4. The second-order valence-electron chi connectivity index (χ2n) is 7.21. The quantitative estimate of drug-likeness (QED) is 0.825. The zero-order valence-corrected chi connectivity index (χ0v) is 15.4. The molecule has 5 nitrogen and oxygen atoms in total. The number of nitrogens with zero attached hydrogens (tertiary/aromatic N) is 1. The van der Waals surface area contributed by atoms with E-state index in [0.717, 1.165) is 48.8 Å². The van der Waals surface area contributed by atoms with Gasteiger partial charge in [0.2, 0.25) is 6.79 Å². The fourth-order valence-electron chi connectivity index (χ4n) is 4.66. The van der Waals surface area contributed by atoms with E-state index in [1.165, 1.54) is 27.8 Å². The standard InChI is InChI=1S/C21H23NO4/c1-22-7-6-13-9-18-21(26-11-25-18)20-14-10-17(24-3)16(23-2)8-12(14)4-5-15(22)19(13)20/h8-10,15H,4-7,11H2,1-3H3. The molecule has 5 heteroatoms. The van der Waals surface area contributed by atoms with Gasteiger partial charge in [-0.2, -0.15) is 0 Å². The van der Waals surface area contributed by atoms with Crippen molar-refractivity contribution in [1.82, 2.24) is 4.90 Å². The van der Waals surface area contributed by atoms with Gasteiger partial charge in [0.25, 0.3) is 0 Å². The second-order valence-corrected chi connectivity index (χ2v) is 7.21. The van der Waals surface area contributed by atoms with Gasteiger partial charge in [-0.05, 0) is 66.8 Å². The van der Waals surface area contributed by atoms with Gasteiger partial charge in [0, 0.05) is 18.2 Å². The van der Waals surface area contributed by atoms with Crippen molar-refractivity contribution in [2.24, 2.45) is 0 Å². The summed E-state index contributed by atoms with van der Waals surface area (Å²) < 4.78 is 22.8. The van der Waals surface area contributed by atoms with Crippen LogP contribution in [0.4, 0.5) is 0 Å². The molecule has 1 aliphatic carbocycles. The van der Waals surface area contributed by atoms with E-state index < -0.39 is 0 Å². The summed E-state index contributed by atoms with van der Waals surface area (Å²) in [6.45, 7) is 1.36. The third kappa shape index (κ3) is 2.13. The highest BCUT2D eigenvalue weighted by Crippen LogP contribution is 2.53. The summed E-state index contributed by atoms with van der Waals surface area (Å²) in [6.07, 6.45) is 3.11. The molecule has 0 bridgehead atoms. The van der Waals surface area contributed by atoms with Gasteiger partial charge >= 0.3 is 0 Å². The second kappa shape index (κ2) is 5.81. The maximum Gasteiger partial charge on any atom is 0.231 e. The first-order valence-corrected chi connectivity index (χ1v) is 9.12. The third-order valence-corrected chi connectivity index (χ3v) is 5.95. The van der Waals surface area contributed by atoms with Crippen molar-refractivity contribution in [3.05, 3.63) is 34.9 Å². The Hall–Kier alpha value is -2.40. The number of hydrogen-bond donors (Lipinski definition) is 0. The highest BCUT2D eigenvalue weighted by atomic mass is 16.7. The predicted molar refractivity (Wildman–Crippen MR) is 98.5 cm³/mol. The average molecular weight is 353 g/mol. The molecule has 2 aliphatic heterocycles. The van der Waals surface area contributed by atoms with Crippen molar-refractivity contribution >= 4 is 0 Å². The molecule has 5 rings (SSSR count). The van der Waals surface area contributed by atoms with Gasteiger partial charge in [-0.25, -0.2) is 0 Å². The summed E-state index contributed by atoms with van der Waals surface area (Å²) in [4.78, 5) is 2.47. The summed E-state index contributed by atoms with van der Waals surface area (Å²) in [6, 6.07) is 6.80. The van der Waals surface area contributed by atoms with E-state index in [1.807, 2.05) is 0 Å². The number of aryl methyl sites for hydroxylation is 1. The third-order valence-electron chi connectivity index (χ3n) is 5.95. The van der Waals surface area contributed by atoms with E-state index in [9.17, 15) is 0 Å². The number of likely N-dealkylation sites (N-methyl/N-ethyl adjacent to an activating group) is 1. The van der Waals surface area contributed by atoms with Crippen molar-refractivity contribution in [3.63, 3.8) is 0 Å². The molecule has 26 heavy (non-hydrogen) atoms. The van der Waals surface area contributed by atoms with E-state index in [1.54, 1.807) is 14.2 Å². The van der Waals surface area contributed by atoms with Crippen molar-refractivity contribution < 1.29 is 18.9 Å². The molecule has 1 atom stereocenters. The summed E-state index contributed by atoms with van der Waals surface area (Å²) >= 11 is 0. The van der Waals surface area contributed by atoms with Gasteiger partial charge in [0.15, 0.2) is 23.0 Å². The van der Waals surface area contributed by atoms with Gasteiger partial charge in [-0.15, -0.1) is 0 Å². The van der Waals surface area contributed by atoms with Crippen LogP contribution < -0.4 is 18.9 Å². The van der Waals surface area contributed by atoms with Crippen LogP contribution in [0.1, 0.15) is 29.2 Å². The number of methoxy groups -OCH3 is 2. The lowest BCUT2D eigenvalue weighted by molar-refractivity contribution is 0.174. The minimum atomic E-state index is 0.286. The monoisotopic (exact) mass is 353 g/mol. The lowest BCUT2D eigenvalue weighted by Crippen LogP contribution is -2.32. The van der Waals surface area contributed by atoms with E-state index >= 15 is 0 Å². The molecule has 0 N–H and O–H groups in total. The number of ether oxygens (including phenoxy) is 4. The van der Waals surface area contributed by atoms with Crippen LogP contribution in [0.5, 0.6) is 23.0 Å². The molecule has 0 radical (unpaired) electrons. The lowest BCUT2D eigenvalue weighted by atomic mass is 9.85. The van der Waals surface area contributed by atoms with Crippen LogP contribution >= 0.6 is 0 Å². The fraction of sp³-hybridized carbons (Fsp3) is 0.429. The van der Waals surface area contributed by atoms with Crippen LogP contribution in [0.2, 0.25) is 0 Å². The first kappa shape index (κ1) is 15.8. The highest BCUT2D eigenvalue weighted by Gasteiger charge is 2.36. The minimum Gasteiger partial charge on any atom is -0.493 e. The maximum atomic E-state index is 5.93. The Morgan fingerprint density at radius 1 is 1.00 bits per heavy atom. The Balaban J connectivity index is 1.84. The Morgan fingerprint density at radius 2 is 1.81 bits per heavy atom. The molecule has 2 heterocycles. The van der Waals surface area contributed by atoms with Crippen molar-refractivity contribution in [2.45, 2.75) is 25.3 Å². The van der Waals surface area contributed by atoms with Gasteiger partial charge < -0.3 is 18.9 Å². The molecule has 0 fully saturated rings. The van der Waals surface area contributed by atoms with Crippen LogP contribution in [0.25, 0.3) is 11.1 Å². The van der Waals surface area contributed by atoms with Gasteiger partial charge in [0.05, 0.1) is 14.2 Å². The smallest absolute Gasteiger partial charge is 0.231 e. The SMILES string of the molecule is COc1cc2c(cc1OC)-c1c3c(cc4c1C(CC2)N(C)CC4)OCO3. The summed E-state index contributed by atoms with van der Waals surface area (Å²) in [5, 5.41) is 0. The topological polar surface area (TPSA) is 40.2 Å². The Kier molecular flexibility index (Phi) is 3.54. The van der Waals surface area contributed by atoms with Gasteiger partial charge in [0.1, 0.15) is 0 Å². The highest BCUT2D eigenvalue weighted by molar-refractivity contribution is 5.84. The number of hydrogen-bond acceptors (Lipinski definition) is 5. The molecule has 2 aromatic carbocycles. The van der Waals surface area contributed by atoms with Crippen molar-refractivity contribution in [3.8, 4) is 34.1 Å². The maximum absolute atomic E-state index is 5.93. The Bertz CT molecular complexity index is 892. The number of benzene rings is 2. The summed E-state index contributed by atoms with van der Waals surface area (Å²) in [5.74, 6) is 3.27. The molecule has 3 aliphatic rings. The van der Waals surface area contributed by atoms with Crippen LogP contribution in [0.3, 0.4) is 0 Å². The zero-order chi connectivity index (χ0) is 17.8. The van der Waals surface area contributed by atoms with Crippen LogP contribution in [0, 0.1) is 0 Å². The Morgan fingerprint density at radius 3 is 2.62 bits per heavy atom. The van der Waals surface area contributed by atoms with Gasteiger partial charge in [-0.3, -0.25) is 4.90 Å². The van der Waals surface area contributed by atoms with Crippen LogP contribution in [-0.2, 0) is 12.8 Å². The first-order valence-electron chi connectivity index (χ1n) is 9.12. The predicted octanol–water partition coefficient (Wildman–Crippen LogP) is 3.57. The van der Waals surface area contributed by atoms with Gasteiger partial charge in [-0.1, -0.05) is 0 Å². The number of fused-ring (bicyclic) bond motifs is 4. The molecular weight excluding hydrogens is 330 g/mol. The molecule has 1 unspecified atom stereocenters. The number of rotatable bonds is 2. The average Bonchev–Trinajstić information content (AvgIpc) is 3.06. The Labute approximate surface area is 153 Å². The molecule has 0 saturated heterocycles. The van der Waals surface area contributed by atoms with Crippen molar-refractivity contribution in [1.29, 1.82) is 0 Å². The lowest BCUT2D eigenvalue weighted by Gasteiger charge is -2.35. The van der Waals surface area contributed by atoms with E-state index in [4.69, 9.17) is 18.9 Å². The largest absolute Gasteiger partial charge is 0.493 e. The molecule has 0 saturated carbocycles. The molecule has 0 amide bonds. The summed E-state index contributed by atoms with van der Waals surface area (Å²) in [5.41, 5.74) is 6.42. The van der Waals surface area contributed by atoms with E-state index in [-0.39, 0.29) is 6.79 Å². The molecular formula is C21H23NO4. The van der Waals surface area contributed by atoms with E-state index in [0.29, 0.717) is 6.04 Å². The van der Waals surface area contributed by atoms with Crippen LogP contribution in [-0.4, -0.2) is 39.5 Å². The normalized spacial score (nSPS) is 20.2. The fourth-order valence-corrected chi connectivity index (χ4v) is 4.66. The molecule has 2 aromatic rings. The minimum absolute atomic E-state index is 0.286. The first-order chi connectivity index (χ1) is 12.7.